The van der Waals surface area contributed by atoms with Gasteiger partial charge in [0.2, 0.25) is 0 Å². The monoisotopic (exact) mass is 327 g/mol. The Kier molecular flexibility index (Phi) is 6.74. The average molecular weight is 327 g/mol. The predicted octanol–water partition coefficient (Wildman–Crippen LogP) is 3.02. The molecular formula is C16H16F3NO3. The van der Waals surface area contributed by atoms with Crippen molar-refractivity contribution in [3.05, 3.63) is 59.2 Å². The summed E-state index contributed by atoms with van der Waals surface area (Å²) < 4.78 is 38.4. The van der Waals surface area contributed by atoms with E-state index in [1.165, 1.54) is 6.07 Å². The van der Waals surface area contributed by atoms with Crippen LogP contribution in [0.2, 0.25) is 0 Å². The molecule has 0 aliphatic heterocycles. The molecule has 0 aromatic heterocycles. The fourth-order valence-corrected chi connectivity index (χ4v) is 2.04. The first-order valence-corrected chi connectivity index (χ1v) is 6.55. The van der Waals surface area contributed by atoms with E-state index in [1.54, 1.807) is 24.3 Å². The van der Waals surface area contributed by atoms with Gasteiger partial charge in [-0.3, -0.25) is 4.79 Å². The molecule has 0 aliphatic rings. The Morgan fingerprint density at radius 1 is 1.13 bits per heavy atom. The molecule has 7 heteroatoms. The molecule has 0 atom stereocenters. The number of halogens is 3. The smallest absolute Gasteiger partial charge is 0.416 e. The first-order chi connectivity index (χ1) is 10.9. The largest absolute Gasteiger partial charge is 0.483 e. The Bertz CT molecular complexity index is 657. The molecule has 2 aromatic carbocycles. The number of hydrogen-bond acceptors (Lipinski definition) is 3. The number of aliphatic hydroxyl groups excluding tert-OH is 1. The first kappa shape index (κ1) is 18.7. The van der Waals surface area contributed by atoms with Crippen LogP contribution in [0.3, 0.4) is 0 Å². The van der Waals surface area contributed by atoms with Crippen LogP contribution >= 0.6 is 0 Å². The number of nitrogens with two attached hydrogens (primary N) is 1. The minimum atomic E-state index is -4.39. The Morgan fingerprint density at radius 2 is 1.78 bits per heavy atom. The first-order valence-electron chi connectivity index (χ1n) is 6.55. The zero-order valence-electron chi connectivity index (χ0n) is 12.0. The van der Waals surface area contributed by atoms with E-state index in [-0.39, 0.29) is 19.6 Å². The van der Waals surface area contributed by atoms with E-state index in [4.69, 9.17) is 20.7 Å². The van der Waals surface area contributed by atoms with Crippen LogP contribution in [0.5, 0.6) is 0 Å². The summed E-state index contributed by atoms with van der Waals surface area (Å²) in [6.45, 7) is -0.262. The molecule has 0 saturated carbocycles. The molecule has 0 heterocycles. The Labute approximate surface area is 131 Å². The molecule has 2 aromatic rings. The highest BCUT2D eigenvalue weighted by atomic mass is 19.4. The van der Waals surface area contributed by atoms with E-state index < -0.39 is 11.7 Å². The molecule has 0 spiro atoms. The van der Waals surface area contributed by atoms with Gasteiger partial charge in [-0.15, -0.1) is 0 Å². The second kappa shape index (κ2) is 8.30. The van der Waals surface area contributed by atoms with Gasteiger partial charge in [0.1, 0.15) is 0 Å². The third-order valence-corrected chi connectivity index (χ3v) is 3.08. The maximum atomic E-state index is 12.8. The van der Waals surface area contributed by atoms with Gasteiger partial charge in [-0.25, -0.2) is 0 Å². The quantitative estimate of drug-likeness (QED) is 0.757. The van der Waals surface area contributed by atoms with E-state index in [2.05, 4.69) is 0 Å². The number of carboxylic acid groups (broad SMARTS) is 1. The normalized spacial score (nSPS) is 10.7. The standard InChI is InChI=1S/C15H14F3NO.CH2O2/c16-15(17,18)13-5-4-12(8-19)14(7-13)11-3-1-2-10(6-11)9-20;2-1-3/h1-7,20H,8-9,19H2;1H,(H,2,3). The van der Waals surface area contributed by atoms with E-state index in [0.717, 1.165) is 12.1 Å². The number of rotatable bonds is 3. The molecule has 0 saturated heterocycles. The van der Waals surface area contributed by atoms with E-state index in [1.807, 2.05) is 0 Å². The minimum absolute atomic E-state index is 0.150. The van der Waals surface area contributed by atoms with Crippen molar-refractivity contribution >= 4 is 6.47 Å². The highest BCUT2D eigenvalue weighted by Crippen LogP contribution is 2.34. The van der Waals surface area contributed by atoms with Crippen molar-refractivity contribution in [3.8, 4) is 11.1 Å². The number of aliphatic hydroxyl groups is 1. The van der Waals surface area contributed by atoms with Crippen LogP contribution in [-0.4, -0.2) is 16.7 Å². The predicted molar refractivity (Wildman–Crippen MR) is 79.4 cm³/mol. The lowest BCUT2D eigenvalue weighted by molar-refractivity contribution is -0.137. The van der Waals surface area contributed by atoms with Gasteiger partial charge in [0, 0.05) is 6.54 Å². The molecule has 124 valence electrons. The van der Waals surface area contributed by atoms with Gasteiger partial charge in [-0.1, -0.05) is 24.3 Å². The molecule has 2 rings (SSSR count). The molecule has 0 unspecified atom stereocenters. The zero-order chi connectivity index (χ0) is 17.5. The number of alkyl halides is 3. The van der Waals surface area contributed by atoms with Gasteiger partial charge in [-0.2, -0.15) is 13.2 Å². The third-order valence-electron chi connectivity index (χ3n) is 3.08. The topological polar surface area (TPSA) is 83.5 Å². The summed E-state index contributed by atoms with van der Waals surface area (Å²) in [5, 5.41) is 16.0. The summed E-state index contributed by atoms with van der Waals surface area (Å²) >= 11 is 0. The van der Waals surface area contributed by atoms with Crippen LogP contribution in [0.4, 0.5) is 13.2 Å². The van der Waals surface area contributed by atoms with Gasteiger partial charge in [0.15, 0.2) is 0 Å². The lowest BCUT2D eigenvalue weighted by Crippen LogP contribution is -2.07. The summed E-state index contributed by atoms with van der Waals surface area (Å²) in [4.78, 5) is 8.36. The van der Waals surface area contributed by atoms with Crippen molar-refractivity contribution in [2.24, 2.45) is 5.73 Å². The Hall–Kier alpha value is -2.38. The summed E-state index contributed by atoms with van der Waals surface area (Å²) in [7, 11) is 0. The number of carbonyl (C=O) groups is 1. The highest BCUT2D eigenvalue weighted by molar-refractivity contribution is 5.69. The molecule has 4 N–H and O–H groups in total. The second-order valence-electron chi connectivity index (χ2n) is 4.54. The van der Waals surface area contributed by atoms with Crippen LogP contribution < -0.4 is 5.73 Å². The maximum absolute atomic E-state index is 12.8. The number of benzene rings is 2. The summed E-state index contributed by atoms with van der Waals surface area (Å²) in [5.74, 6) is 0. The summed E-state index contributed by atoms with van der Waals surface area (Å²) in [6, 6.07) is 10.3. The Balaban J connectivity index is 0.000000816. The minimum Gasteiger partial charge on any atom is -0.483 e. The number of hydrogen-bond donors (Lipinski definition) is 3. The molecule has 0 amide bonds. The lowest BCUT2D eigenvalue weighted by atomic mass is 9.96. The van der Waals surface area contributed by atoms with Crippen molar-refractivity contribution < 1.29 is 28.2 Å². The van der Waals surface area contributed by atoms with Crippen LogP contribution in [0, 0.1) is 0 Å². The molecule has 0 radical (unpaired) electrons. The molecule has 0 aliphatic carbocycles. The van der Waals surface area contributed by atoms with E-state index >= 15 is 0 Å². The fourth-order valence-electron chi connectivity index (χ4n) is 2.04. The van der Waals surface area contributed by atoms with Crippen LogP contribution in [-0.2, 0) is 24.1 Å². The average Bonchev–Trinajstić information content (AvgIpc) is 2.54. The SMILES string of the molecule is NCc1ccc(C(F)(F)F)cc1-c1cccc(CO)c1.O=CO. The maximum Gasteiger partial charge on any atom is 0.416 e. The van der Waals surface area contributed by atoms with Gasteiger partial charge < -0.3 is 15.9 Å². The molecule has 4 nitrogen and oxygen atoms in total. The van der Waals surface area contributed by atoms with Gasteiger partial charge >= 0.3 is 6.18 Å². The van der Waals surface area contributed by atoms with Crippen molar-refractivity contribution in [1.29, 1.82) is 0 Å². The van der Waals surface area contributed by atoms with Crippen molar-refractivity contribution in [2.45, 2.75) is 19.3 Å². The second-order valence-corrected chi connectivity index (χ2v) is 4.54. The fraction of sp³-hybridized carbons (Fsp3) is 0.188. The van der Waals surface area contributed by atoms with Crippen molar-refractivity contribution in [1.82, 2.24) is 0 Å². The lowest BCUT2D eigenvalue weighted by Gasteiger charge is -2.13. The molecule has 0 bridgehead atoms. The summed E-state index contributed by atoms with van der Waals surface area (Å²) in [6.07, 6.45) is -4.39. The van der Waals surface area contributed by atoms with Crippen molar-refractivity contribution in [3.63, 3.8) is 0 Å². The summed E-state index contributed by atoms with van der Waals surface area (Å²) in [5.41, 5.74) is 7.21. The molecule has 23 heavy (non-hydrogen) atoms. The van der Waals surface area contributed by atoms with Crippen LogP contribution in [0.15, 0.2) is 42.5 Å². The molecule has 0 fully saturated rings. The van der Waals surface area contributed by atoms with E-state index in [0.29, 0.717) is 22.3 Å². The van der Waals surface area contributed by atoms with Crippen molar-refractivity contribution in [2.75, 3.05) is 0 Å². The van der Waals surface area contributed by atoms with Crippen LogP contribution in [0.1, 0.15) is 16.7 Å². The van der Waals surface area contributed by atoms with E-state index in [9.17, 15) is 13.2 Å². The third kappa shape index (κ3) is 5.08. The molecular weight excluding hydrogens is 311 g/mol. The zero-order valence-corrected chi connectivity index (χ0v) is 12.0. The van der Waals surface area contributed by atoms with Gasteiger partial charge in [0.25, 0.3) is 6.47 Å². The Morgan fingerprint density at radius 3 is 2.30 bits per heavy atom. The highest BCUT2D eigenvalue weighted by Gasteiger charge is 2.31. The van der Waals surface area contributed by atoms with Gasteiger partial charge in [-0.05, 0) is 40.5 Å². The van der Waals surface area contributed by atoms with Gasteiger partial charge in [0.05, 0.1) is 12.2 Å². The van der Waals surface area contributed by atoms with Crippen LogP contribution in [0.25, 0.3) is 11.1 Å².